The lowest BCUT2D eigenvalue weighted by atomic mass is 10.0. The van der Waals surface area contributed by atoms with Gasteiger partial charge in [-0.05, 0) is 41.5 Å². The van der Waals surface area contributed by atoms with Crippen molar-refractivity contribution in [3.05, 3.63) is 53.1 Å². The molecule has 2 amide bonds. The number of amides is 2. The zero-order valence-corrected chi connectivity index (χ0v) is 15.8. The molecule has 0 aliphatic carbocycles. The van der Waals surface area contributed by atoms with Crippen LogP contribution in [-0.2, 0) is 22.6 Å². The summed E-state index contributed by atoms with van der Waals surface area (Å²) in [6.45, 7) is 0.333. The zero-order valence-electron chi connectivity index (χ0n) is 15.8. The van der Waals surface area contributed by atoms with Crippen molar-refractivity contribution >= 4 is 23.3 Å². The van der Waals surface area contributed by atoms with Crippen LogP contribution in [0, 0.1) is 0 Å². The number of ether oxygens (including phenoxy) is 2. The van der Waals surface area contributed by atoms with Gasteiger partial charge in [0.2, 0.25) is 11.8 Å². The number of rotatable bonds is 8. The molecule has 2 aromatic carbocycles. The smallest absolute Gasteiger partial charge is 0.228 e. The monoisotopic (exact) mass is 382 g/mol. The summed E-state index contributed by atoms with van der Waals surface area (Å²) in [7, 11) is 3.11. The molecule has 0 saturated heterocycles. The van der Waals surface area contributed by atoms with E-state index in [0.717, 1.165) is 16.8 Å². The number of carbonyl (C=O) groups is 3. The van der Waals surface area contributed by atoms with Gasteiger partial charge in [-0.15, -0.1) is 0 Å². The Morgan fingerprint density at radius 2 is 1.82 bits per heavy atom. The van der Waals surface area contributed by atoms with Crippen LogP contribution in [0.15, 0.2) is 36.4 Å². The van der Waals surface area contributed by atoms with Crippen molar-refractivity contribution in [1.82, 2.24) is 5.32 Å². The lowest BCUT2D eigenvalue weighted by molar-refractivity contribution is -0.121. The Bertz CT molecular complexity index is 923. The van der Waals surface area contributed by atoms with Crippen molar-refractivity contribution in [3.63, 3.8) is 0 Å². The first kappa shape index (κ1) is 19.4. The fraction of sp³-hybridized carbons (Fsp3) is 0.286. The summed E-state index contributed by atoms with van der Waals surface area (Å²) in [5, 5.41) is 5.53. The van der Waals surface area contributed by atoms with E-state index >= 15 is 0 Å². The highest BCUT2D eigenvalue weighted by molar-refractivity contribution is 6.02. The number of methoxy groups -OCH3 is 2. The second-order valence-corrected chi connectivity index (χ2v) is 6.49. The zero-order chi connectivity index (χ0) is 20.1. The third-order valence-corrected chi connectivity index (χ3v) is 4.57. The maximum absolute atomic E-state index is 12.3. The highest BCUT2D eigenvalue weighted by atomic mass is 16.5. The molecule has 0 aromatic heterocycles. The molecule has 0 saturated carbocycles. The van der Waals surface area contributed by atoms with Crippen molar-refractivity contribution in [2.45, 2.75) is 25.8 Å². The Hall–Kier alpha value is -3.35. The van der Waals surface area contributed by atoms with E-state index < -0.39 is 0 Å². The number of ketones is 1. The van der Waals surface area contributed by atoms with Crippen LogP contribution in [0.1, 0.15) is 34.3 Å². The third kappa shape index (κ3) is 4.49. The molecule has 2 N–H and O–H groups in total. The predicted molar refractivity (Wildman–Crippen MR) is 104 cm³/mol. The summed E-state index contributed by atoms with van der Waals surface area (Å²) in [4.78, 5) is 35.8. The molecule has 146 valence electrons. The van der Waals surface area contributed by atoms with E-state index in [9.17, 15) is 14.4 Å². The number of hydrogen-bond donors (Lipinski definition) is 2. The molecule has 0 atom stereocenters. The number of anilines is 1. The van der Waals surface area contributed by atoms with Crippen LogP contribution in [0.25, 0.3) is 0 Å². The molecule has 2 aromatic rings. The molecule has 0 bridgehead atoms. The predicted octanol–water partition coefficient (Wildman–Crippen LogP) is 2.48. The van der Waals surface area contributed by atoms with Crippen molar-refractivity contribution in [2.24, 2.45) is 0 Å². The molecule has 7 nitrogen and oxygen atoms in total. The highest BCUT2D eigenvalue weighted by Gasteiger charge is 2.19. The molecule has 1 aliphatic heterocycles. The van der Waals surface area contributed by atoms with E-state index in [4.69, 9.17) is 9.47 Å². The lowest BCUT2D eigenvalue weighted by Gasteiger charge is -2.10. The first-order chi connectivity index (χ1) is 13.5. The van der Waals surface area contributed by atoms with Gasteiger partial charge in [0.1, 0.15) is 0 Å². The average Bonchev–Trinajstić information content (AvgIpc) is 3.09. The molecule has 0 fully saturated rings. The van der Waals surface area contributed by atoms with E-state index in [2.05, 4.69) is 10.6 Å². The topological polar surface area (TPSA) is 93.7 Å². The Kier molecular flexibility index (Phi) is 5.93. The van der Waals surface area contributed by atoms with E-state index in [-0.39, 0.29) is 36.9 Å². The van der Waals surface area contributed by atoms with E-state index in [1.807, 2.05) is 6.07 Å². The van der Waals surface area contributed by atoms with Gasteiger partial charge in [-0.1, -0.05) is 6.07 Å². The van der Waals surface area contributed by atoms with Crippen LogP contribution in [0.2, 0.25) is 0 Å². The summed E-state index contributed by atoms with van der Waals surface area (Å²) < 4.78 is 10.4. The van der Waals surface area contributed by atoms with Crippen LogP contribution in [0.4, 0.5) is 5.69 Å². The summed E-state index contributed by atoms with van der Waals surface area (Å²) in [6.07, 6.45) is 0.487. The van der Waals surface area contributed by atoms with Gasteiger partial charge in [0.15, 0.2) is 17.3 Å². The number of fused-ring (bicyclic) bond motifs is 1. The molecule has 1 heterocycles. The first-order valence-electron chi connectivity index (χ1n) is 8.93. The number of nitrogens with one attached hydrogen (secondary N) is 2. The minimum atomic E-state index is -0.207. The normalized spacial score (nSPS) is 12.1. The molecule has 28 heavy (non-hydrogen) atoms. The van der Waals surface area contributed by atoms with Gasteiger partial charge in [-0.2, -0.15) is 0 Å². The van der Waals surface area contributed by atoms with Gasteiger partial charge in [0.05, 0.1) is 20.6 Å². The maximum Gasteiger partial charge on any atom is 0.228 e. The van der Waals surface area contributed by atoms with Gasteiger partial charge in [-0.3, -0.25) is 14.4 Å². The quantitative estimate of drug-likeness (QED) is 0.684. The molecule has 0 radical (unpaired) electrons. The third-order valence-electron chi connectivity index (χ3n) is 4.57. The molecule has 7 heteroatoms. The Morgan fingerprint density at radius 3 is 2.57 bits per heavy atom. The van der Waals surface area contributed by atoms with E-state index in [1.54, 1.807) is 44.6 Å². The molecule has 3 rings (SSSR count). The van der Waals surface area contributed by atoms with Crippen molar-refractivity contribution in [1.29, 1.82) is 0 Å². The fourth-order valence-corrected chi connectivity index (χ4v) is 3.05. The van der Waals surface area contributed by atoms with Gasteiger partial charge in [0, 0.05) is 30.6 Å². The molecule has 1 aliphatic rings. The van der Waals surface area contributed by atoms with Crippen molar-refractivity contribution < 1.29 is 23.9 Å². The first-order valence-corrected chi connectivity index (χ1v) is 8.93. The van der Waals surface area contributed by atoms with Crippen LogP contribution >= 0.6 is 0 Å². The molecular weight excluding hydrogens is 360 g/mol. The second-order valence-electron chi connectivity index (χ2n) is 6.49. The molecule has 0 unspecified atom stereocenters. The fourth-order valence-electron chi connectivity index (χ4n) is 3.05. The largest absolute Gasteiger partial charge is 0.493 e. The number of carbonyl (C=O) groups excluding carboxylic acids is 3. The minimum Gasteiger partial charge on any atom is -0.493 e. The lowest BCUT2D eigenvalue weighted by Crippen LogP contribution is -2.23. The van der Waals surface area contributed by atoms with Gasteiger partial charge in [0.25, 0.3) is 0 Å². The van der Waals surface area contributed by atoms with Crippen LogP contribution in [0.5, 0.6) is 11.5 Å². The summed E-state index contributed by atoms with van der Waals surface area (Å²) in [6, 6.07) is 10.5. The molecule has 0 spiro atoms. The summed E-state index contributed by atoms with van der Waals surface area (Å²) >= 11 is 0. The van der Waals surface area contributed by atoms with E-state index in [1.165, 1.54) is 0 Å². The van der Waals surface area contributed by atoms with Crippen molar-refractivity contribution in [3.8, 4) is 11.5 Å². The SMILES string of the molecule is COc1ccc(CNC(=O)CCC(=O)c2ccc3c(c2)CC(=O)N3)cc1OC. The number of Topliss-reactive ketones (excluding diaryl/α,β-unsaturated/α-hetero) is 1. The van der Waals surface area contributed by atoms with Crippen LogP contribution < -0.4 is 20.1 Å². The van der Waals surface area contributed by atoms with Gasteiger partial charge in [-0.25, -0.2) is 0 Å². The number of benzene rings is 2. The summed E-state index contributed by atoms with van der Waals surface area (Å²) in [5.41, 5.74) is 2.94. The average molecular weight is 382 g/mol. The maximum atomic E-state index is 12.3. The second kappa shape index (κ2) is 8.56. The van der Waals surface area contributed by atoms with Crippen molar-refractivity contribution in [2.75, 3.05) is 19.5 Å². The van der Waals surface area contributed by atoms with Crippen LogP contribution in [0.3, 0.4) is 0 Å². The Balaban J connectivity index is 1.50. The number of hydrogen-bond acceptors (Lipinski definition) is 5. The van der Waals surface area contributed by atoms with Gasteiger partial charge >= 0.3 is 0 Å². The summed E-state index contributed by atoms with van der Waals surface area (Å²) in [5.74, 6) is 0.808. The Morgan fingerprint density at radius 1 is 1.04 bits per heavy atom. The standard InChI is InChI=1S/C21H22N2O5/c1-27-18-7-3-13(9-19(18)28-2)12-22-20(25)8-6-17(24)14-4-5-16-15(10-14)11-21(26)23-16/h3-5,7,9-10H,6,8,11-12H2,1-2H3,(H,22,25)(H,23,26). The Labute approximate surface area is 163 Å². The van der Waals surface area contributed by atoms with E-state index in [0.29, 0.717) is 23.6 Å². The van der Waals surface area contributed by atoms with Crippen LogP contribution in [-0.4, -0.2) is 31.8 Å². The minimum absolute atomic E-state index is 0.0749. The van der Waals surface area contributed by atoms with Gasteiger partial charge < -0.3 is 20.1 Å². The highest BCUT2D eigenvalue weighted by Crippen LogP contribution is 2.27. The molecular formula is C21H22N2O5.